The van der Waals surface area contributed by atoms with Gasteiger partial charge in [-0.15, -0.1) is 0 Å². The number of carbonyl (C=O) groups excluding carboxylic acids is 2. The molecule has 150 valence electrons. The lowest BCUT2D eigenvalue weighted by atomic mass is 9.99. The van der Waals surface area contributed by atoms with Gasteiger partial charge in [0.1, 0.15) is 0 Å². The molecule has 2 amide bonds. The molecule has 0 aliphatic carbocycles. The normalized spacial score (nSPS) is 19.1. The highest BCUT2D eigenvalue weighted by molar-refractivity contribution is 6.21. The van der Waals surface area contributed by atoms with Crippen LogP contribution >= 0.6 is 0 Å². The summed E-state index contributed by atoms with van der Waals surface area (Å²) >= 11 is 0. The van der Waals surface area contributed by atoms with Crippen LogP contribution in [0, 0.1) is 5.92 Å². The van der Waals surface area contributed by atoms with Gasteiger partial charge in [0.25, 0.3) is 11.8 Å². The number of benzene rings is 2. The van der Waals surface area contributed by atoms with Crippen LogP contribution in [0.5, 0.6) is 0 Å². The molecule has 1 atom stereocenters. The van der Waals surface area contributed by atoms with Crippen molar-refractivity contribution in [1.29, 1.82) is 0 Å². The van der Waals surface area contributed by atoms with Crippen molar-refractivity contribution in [3.8, 4) is 0 Å². The summed E-state index contributed by atoms with van der Waals surface area (Å²) in [6.07, 6.45) is 2.21. The second-order valence-corrected chi connectivity index (χ2v) is 7.57. The standard InChI is InChI=1S/C23H26N4O2/c1-24-23(26-13-11-18(16-26)15-17-7-3-2-4-8-17)25-12-14-27-21(28)19-9-5-6-10-20(19)22(27)29/h2-10,18H,11-16H2,1H3,(H,24,25). The molecule has 4 rings (SSSR count). The van der Waals surface area contributed by atoms with Gasteiger partial charge in [0.05, 0.1) is 11.1 Å². The van der Waals surface area contributed by atoms with Crippen LogP contribution in [0.3, 0.4) is 0 Å². The van der Waals surface area contributed by atoms with Crippen molar-refractivity contribution in [1.82, 2.24) is 15.1 Å². The first-order chi connectivity index (χ1) is 14.2. The fraction of sp³-hybridized carbons (Fsp3) is 0.348. The summed E-state index contributed by atoms with van der Waals surface area (Å²) < 4.78 is 0. The van der Waals surface area contributed by atoms with Gasteiger partial charge in [-0.25, -0.2) is 0 Å². The first-order valence-corrected chi connectivity index (χ1v) is 10.1. The molecule has 2 aliphatic rings. The third kappa shape index (κ3) is 4.01. The van der Waals surface area contributed by atoms with Crippen molar-refractivity contribution in [2.75, 3.05) is 33.2 Å². The van der Waals surface area contributed by atoms with E-state index in [2.05, 4.69) is 39.5 Å². The largest absolute Gasteiger partial charge is 0.354 e. The summed E-state index contributed by atoms with van der Waals surface area (Å²) in [5.41, 5.74) is 2.35. The number of nitrogens with zero attached hydrogens (tertiary/aromatic N) is 3. The number of likely N-dealkylation sites (tertiary alicyclic amines) is 1. The van der Waals surface area contributed by atoms with E-state index in [0.29, 0.717) is 30.1 Å². The third-order valence-electron chi connectivity index (χ3n) is 5.66. The molecule has 2 aromatic rings. The fourth-order valence-electron chi connectivity index (χ4n) is 4.19. The van der Waals surface area contributed by atoms with Crippen LogP contribution in [0.25, 0.3) is 0 Å². The summed E-state index contributed by atoms with van der Waals surface area (Å²) in [6.45, 7) is 2.73. The molecule has 6 nitrogen and oxygen atoms in total. The zero-order valence-electron chi connectivity index (χ0n) is 16.7. The SMILES string of the molecule is CN=C(NCCN1C(=O)c2ccccc2C1=O)N1CCC(Cc2ccccc2)C1. The van der Waals surface area contributed by atoms with Crippen LogP contribution in [-0.4, -0.2) is 60.8 Å². The van der Waals surface area contributed by atoms with Gasteiger partial charge in [0, 0.05) is 33.2 Å². The molecule has 1 fully saturated rings. The summed E-state index contributed by atoms with van der Waals surface area (Å²) in [4.78, 5) is 32.9. The summed E-state index contributed by atoms with van der Waals surface area (Å²) in [7, 11) is 1.77. The number of carbonyl (C=O) groups is 2. The van der Waals surface area contributed by atoms with Crippen molar-refractivity contribution in [2.24, 2.45) is 10.9 Å². The van der Waals surface area contributed by atoms with Crippen molar-refractivity contribution in [2.45, 2.75) is 12.8 Å². The Hall–Kier alpha value is -3.15. The molecular weight excluding hydrogens is 364 g/mol. The number of amides is 2. The quantitative estimate of drug-likeness (QED) is 0.484. The van der Waals surface area contributed by atoms with Crippen LogP contribution in [0.4, 0.5) is 0 Å². The predicted molar refractivity (Wildman–Crippen MR) is 113 cm³/mol. The van der Waals surface area contributed by atoms with E-state index in [1.54, 1.807) is 31.3 Å². The Bertz CT molecular complexity index is 890. The molecule has 1 unspecified atom stereocenters. The second kappa shape index (κ2) is 8.47. The van der Waals surface area contributed by atoms with Crippen LogP contribution in [-0.2, 0) is 6.42 Å². The number of nitrogens with one attached hydrogen (secondary N) is 1. The number of fused-ring (bicyclic) bond motifs is 1. The van der Waals surface area contributed by atoms with E-state index in [0.717, 1.165) is 31.9 Å². The molecule has 0 radical (unpaired) electrons. The molecule has 2 aromatic carbocycles. The van der Waals surface area contributed by atoms with Crippen LogP contribution in [0.15, 0.2) is 59.6 Å². The number of aliphatic imine (C=N–C) groups is 1. The monoisotopic (exact) mass is 390 g/mol. The van der Waals surface area contributed by atoms with E-state index in [1.807, 2.05) is 6.07 Å². The fourth-order valence-corrected chi connectivity index (χ4v) is 4.19. The Balaban J connectivity index is 1.28. The average Bonchev–Trinajstić information content (AvgIpc) is 3.30. The van der Waals surface area contributed by atoms with Gasteiger partial charge in [-0.2, -0.15) is 0 Å². The lowest BCUT2D eigenvalue weighted by molar-refractivity contribution is 0.0657. The molecular formula is C23H26N4O2. The third-order valence-corrected chi connectivity index (χ3v) is 5.66. The van der Waals surface area contributed by atoms with E-state index in [9.17, 15) is 9.59 Å². The Morgan fingerprint density at radius 1 is 1.03 bits per heavy atom. The molecule has 1 saturated heterocycles. The molecule has 2 aliphatic heterocycles. The molecule has 0 aromatic heterocycles. The summed E-state index contributed by atoms with van der Waals surface area (Å²) in [5.74, 6) is 1.00. The van der Waals surface area contributed by atoms with Crippen molar-refractivity contribution in [3.05, 3.63) is 71.3 Å². The zero-order valence-corrected chi connectivity index (χ0v) is 16.7. The highest BCUT2D eigenvalue weighted by Gasteiger charge is 2.34. The molecule has 29 heavy (non-hydrogen) atoms. The zero-order chi connectivity index (χ0) is 20.2. The topological polar surface area (TPSA) is 65.0 Å². The Morgan fingerprint density at radius 3 is 2.34 bits per heavy atom. The van der Waals surface area contributed by atoms with Gasteiger partial charge in [0.2, 0.25) is 0 Å². The number of hydrogen-bond donors (Lipinski definition) is 1. The number of rotatable bonds is 5. The summed E-state index contributed by atoms with van der Waals surface area (Å²) in [6, 6.07) is 17.6. The first-order valence-electron chi connectivity index (χ1n) is 10.1. The molecule has 6 heteroatoms. The van der Waals surface area contributed by atoms with Crippen LogP contribution in [0.2, 0.25) is 0 Å². The molecule has 0 saturated carbocycles. The lowest BCUT2D eigenvalue weighted by Gasteiger charge is -2.23. The second-order valence-electron chi connectivity index (χ2n) is 7.57. The van der Waals surface area contributed by atoms with Gasteiger partial charge in [-0.05, 0) is 36.5 Å². The maximum atomic E-state index is 12.5. The maximum absolute atomic E-state index is 12.5. The van der Waals surface area contributed by atoms with Gasteiger partial charge in [-0.3, -0.25) is 19.5 Å². The van der Waals surface area contributed by atoms with E-state index in [-0.39, 0.29) is 11.8 Å². The van der Waals surface area contributed by atoms with Crippen molar-refractivity contribution >= 4 is 17.8 Å². The first kappa shape index (κ1) is 19.2. The highest BCUT2D eigenvalue weighted by atomic mass is 16.2. The Labute approximate surface area is 171 Å². The minimum atomic E-state index is -0.216. The van der Waals surface area contributed by atoms with Gasteiger partial charge < -0.3 is 10.2 Å². The maximum Gasteiger partial charge on any atom is 0.261 e. The Morgan fingerprint density at radius 2 is 1.69 bits per heavy atom. The average molecular weight is 390 g/mol. The summed E-state index contributed by atoms with van der Waals surface area (Å²) in [5, 5.41) is 3.32. The minimum Gasteiger partial charge on any atom is -0.354 e. The van der Waals surface area contributed by atoms with E-state index < -0.39 is 0 Å². The Kier molecular flexibility index (Phi) is 5.60. The minimum absolute atomic E-state index is 0.216. The highest BCUT2D eigenvalue weighted by Crippen LogP contribution is 2.22. The van der Waals surface area contributed by atoms with Gasteiger partial charge in [0.15, 0.2) is 5.96 Å². The van der Waals surface area contributed by atoms with Crippen LogP contribution in [0.1, 0.15) is 32.7 Å². The van der Waals surface area contributed by atoms with E-state index in [4.69, 9.17) is 0 Å². The van der Waals surface area contributed by atoms with Crippen molar-refractivity contribution < 1.29 is 9.59 Å². The number of hydrogen-bond acceptors (Lipinski definition) is 3. The van der Waals surface area contributed by atoms with Crippen molar-refractivity contribution in [3.63, 3.8) is 0 Å². The molecule has 2 heterocycles. The molecule has 1 N–H and O–H groups in total. The van der Waals surface area contributed by atoms with E-state index in [1.165, 1.54) is 10.5 Å². The number of guanidine groups is 1. The van der Waals surface area contributed by atoms with Gasteiger partial charge >= 0.3 is 0 Å². The predicted octanol–water partition coefficient (Wildman–Crippen LogP) is 2.42. The smallest absolute Gasteiger partial charge is 0.261 e. The molecule has 0 bridgehead atoms. The van der Waals surface area contributed by atoms with E-state index >= 15 is 0 Å². The molecule has 0 spiro atoms. The lowest BCUT2D eigenvalue weighted by Crippen LogP contribution is -2.44. The number of imide groups is 1. The van der Waals surface area contributed by atoms with Crippen LogP contribution < -0.4 is 5.32 Å². The van der Waals surface area contributed by atoms with Gasteiger partial charge in [-0.1, -0.05) is 42.5 Å².